The summed E-state index contributed by atoms with van der Waals surface area (Å²) in [4.78, 5) is 25.2. The predicted molar refractivity (Wildman–Crippen MR) is 201 cm³/mol. The highest BCUT2D eigenvalue weighted by Crippen LogP contribution is 2.41. The van der Waals surface area contributed by atoms with Crippen LogP contribution in [0.25, 0.3) is 88.2 Å². The third-order valence-corrected chi connectivity index (χ3v) is 9.69. The van der Waals surface area contributed by atoms with Crippen LogP contribution in [0, 0.1) is 0 Å². The minimum absolute atomic E-state index is 0.636. The van der Waals surface area contributed by atoms with Crippen LogP contribution >= 0.6 is 11.3 Å². The normalized spacial score (nSPS) is 11.3. The molecule has 0 saturated carbocycles. The van der Waals surface area contributed by atoms with E-state index in [-0.39, 0.29) is 0 Å². The van der Waals surface area contributed by atoms with E-state index in [0.29, 0.717) is 23.3 Å². The van der Waals surface area contributed by atoms with E-state index in [9.17, 15) is 0 Å². The van der Waals surface area contributed by atoms with Crippen LogP contribution in [0.15, 0.2) is 164 Å². The molecule has 3 heterocycles. The first kappa shape index (κ1) is 28.8. The lowest BCUT2D eigenvalue weighted by Crippen LogP contribution is -2.00. The third kappa shape index (κ3) is 5.54. The minimum Gasteiger partial charge on any atom is -0.228 e. The first-order chi connectivity index (χ1) is 24.3. The molecular formula is C43H27N5S. The Labute approximate surface area is 287 Å². The molecule has 0 aliphatic rings. The summed E-state index contributed by atoms with van der Waals surface area (Å²) in [6.07, 6.45) is 0. The van der Waals surface area contributed by atoms with Crippen molar-refractivity contribution in [3.8, 4) is 68.1 Å². The molecule has 9 aromatic rings. The van der Waals surface area contributed by atoms with Gasteiger partial charge in [-0.25, -0.2) is 24.9 Å². The molecule has 0 amide bonds. The Kier molecular flexibility index (Phi) is 7.26. The first-order valence-corrected chi connectivity index (χ1v) is 16.9. The average Bonchev–Trinajstić information content (AvgIpc) is 3.57. The molecule has 49 heavy (non-hydrogen) atoms. The average molecular weight is 646 g/mol. The Hall–Kier alpha value is -6.37. The summed E-state index contributed by atoms with van der Waals surface area (Å²) in [5, 5.41) is 2.22. The zero-order valence-electron chi connectivity index (χ0n) is 26.2. The quantitative estimate of drug-likeness (QED) is 0.180. The zero-order valence-corrected chi connectivity index (χ0v) is 27.0. The Balaban J connectivity index is 1.25. The van der Waals surface area contributed by atoms with Gasteiger partial charge in [-0.15, -0.1) is 11.3 Å². The highest BCUT2D eigenvalue weighted by Gasteiger charge is 2.18. The second-order valence-corrected chi connectivity index (χ2v) is 12.8. The molecule has 0 aliphatic heterocycles. The van der Waals surface area contributed by atoms with Crippen LogP contribution < -0.4 is 0 Å². The molecule has 0 unspecified atom stereocenters. The minimum atomic E-state index is 0.636. The van der Waals surface area contributed by atoms with Crippen LogP contribution in [0.4, 0.5) is 0 Å². The van der Waals surface area contributed by atoms with Crippen LogP contribution in [0.2, 0.25) is 0 Å². The summed E-state index contributed by atoms with van der Waals surface area (Å²) >= 11 is 1.76. The molecule has 9 rings (SSSR count). The summed E-state index contributed by atoms with van der Waals surface area (Å²) in [6.45, 7) is 0. The Morgan fingerprint density at radius 3 is 1.37 bits per heavy atom. The van der Waals surface area contributed by atoms with Crippen molar-refractivity contribution in [2.45, 2.75) is 0 Å². The van der Waals surface area contributed by atoms with Gasteiger partial charge in [0.1, 0.15) is 0 Å². The smallest absolute Gasteiger partial charge is 0.164 e. The zero-order chi connectivity index (χ0) is 32.6. The van der Waals surface area contributed by atoms with Crippen molar-refractivity contribution in [3.63, 3.8) is 0 Å². The fourth-order valence-electron chi connectivity index (χ4n) is 6.17. The summed E-state index contributed by atoms with van der Waals surface area (Å²) in [5.41, 5.74) is 7.65. The molecule has 0 spiro atoms. The van der Waals surface area contributed by atoms with Gasteiger partial charge in [-0.05, 0) is 30.3 Å². The lowest BCUT2D eigenvalue weighted by atomic mass is 10.0. The lowest BCUT2D eigenvalue weighted by Gasteiger charge is -2.10. The highest BCUT2D eigenvalue weighted by atomic mass is 32.1. The van der Waals surface area contributed by atoms with E-state index in [1.165, 1.54) is 4.70 Å². The summed E-state index contributed by atoms with van der Waals surface area (Å²) in [5.74, 6) is 2.59. The van der Waals surface area contributed by atoms with E-state index in [2.05, 4.69) is 66.7 Å². The highest BCUT2D eigenvalue weighted by molar-refractivity contribution is 7.26. The van der Waals surface area contributed by atoms with E-state index in [1.54, 1.807) is 11.3 Å². The van der Waals surface area contributed by atoms with Crippen molar-refractivity contribution >= 4 is 31.5 Å². The van der Waals surface area contributed by atoms with Crippen LogP contribution in [-0.4, -0.2) is 24.9 Å². The molecule has 0 saturated heterocycles. The molecular weight excluding hydrogens is 619 g/mol. The lowest BCUT2D eigenvalue weighted by molar-refractivity contribution is 1.08. The topological polar surface area (TPSA) is 64.5 Å². The van der Waals surface area contributed by atoms with Gasteiger partial charge in [0.25, 0.3) is 0 Å². The standard InChI is InChI=1S/C43H27N5S/c1-5-14-28(15-6-1)35-27-36(29-16-7-2-8-17-29)45-42(44-35)32-24-25-37-34(26-32)39-33(22-13-23-38(39)49-37)43-47-40(30-18-9-3-10-19-30)46-41(48-43)31-20-11-4-12-21-31/h1-27H. The fourth-order valence-corrected chi connectivity index (χ4v) is 7.28. The van der Waals surface area contributed by atoms with Gasteiger partial charge in [0.05, 0.1) is 11.4 Å². The van der Waals surface area contributed by atoms with Crippen LogP contribution in [0.5, 0.6) is 0 Å². The second-order valence-electron chi connectivity index (χ2n) is 11.7. The van der Waals surface area contributed by atoms with Gasteiger partial charge in [0, 0.05) is 53.6 Å². The Morgan fingerprint density at radius 2 is 0.816 bits per heavy atom. The first-order valence-electron chi connectivity index (χ1n) is 16.1. The molecule has 0 N–H and O–H groups in total. The molecule has 0 radical (unpaired) electrons. The van der Waals surface area contributed by atoms with Gasteiger partial charge in [-0.1, -0.05) is 133 Å². The SMILES string of the molecule is c1ccc(-c2cc(-c3ccccc3)nc(-c3ccc4sc5cccc(-c6nc(-c7ccccc7)nc(-c7ccccc7)n6)c5c4c3)n2)cc1. The summed E-state index contributed by atoms with van der Waals surface area (Å²) in [7, 11) is 0. The molecule has 0 atom stereocenters. The van der Waals surface area contributed by atoms with Crippen molar-refractivity contribution < 1.29 is 0 Å². The third-order valence-electron chi connectivity index (χ3n) is 8.56. The molecule has 0 aliphatic carbocycles. The van der Waals surface area contributed by atoms with E-state index >= 15 is 0 Å². The number of nitrogens with zero attached hydrogens (tertiary/aromatic N) is 5. The molecule has 230 valence electrons. The number of hydrogen-bond donors (Lipinski definition) is 0. The van der Waals surface area contributed by atoms with Gasteiger partial charge < -0.3 is 0 Å². The summed E-state index contributed by atoms with van der Waals surface area (Å²) < 4.78 is 2.34. The Bertz CT molecular complexity index is 2470. The van der Waals surface area contributed by atoms with E-state index in [4.69, 9.17) is 24.9 Å². The fraction of sp³-hybridized carbons (Fsp3) is 0. The molecule has 0 fully saturated rings. The van der Waals surface area contributed by atoms with Gasteiger partial charge in [-0.2, -0.15) is 0 Å². The van der Waals surface area contributed by atoms with Gasteiger partial charge in [0.2, 0.25) is 0 Å². The number of thiophene rings is 1. The Morgan fingerprint density at radius 1 is 0.327 bits per heavy atom. The van der Waals surface area contributed by atoms with Crippen molar-refractivity contribution in [1.82, 2.24) is 24.9 Å². The maximum absolute atomic E-state index is 5.10. The molecule has 0 bridgehead atoms. The van der Waals surface area contributed by atoms with Crippen molar-refractivity contribution in [1.29, 1.82) is 0 Å². The van der Waals surface area contributed by atoms with Crippen molar-refractivity contribution in [3.05, 3.63) is 164 Å². The van der Waals surface area contributed by atoms with Crippen LogP contribution in [-0.2, 0) is 0 Å². The number of aromatic nitrogens is 5. The predicted octanol–water partition coefficient (Wildman–Crippen LogP) is 11.0. The van der Waals surface area contributed by atoms with Crippen LogP contribution in [0.3, 0.4) is 0 Å². The van der Waals surface area contributed by atoms with Gasteiger partial charge >= 0.3 is 0 Å². The number of fused-ring (bicyclic) bond motifs is 3. The monoisotopic (exact) mass is 645 g/mol. The van der Waals surface area contributed by atoms with E-state index in [1.807, 2.05) is 97.1 Å². The second kappa shape index (κ2) is 12.3. The maximum atomic E-state index is 5.10. The van der Waals surface area contributed by atoms with Crippen molar-refractivity contribution in [2.75, 3.05) is 0 Å². The molecule has 5 nitrogen and oxygen atoms in total. The molecule has 3 aromatic heterocycles. The number of rotatable bonds is 6. The number of benzene rings is 6. The number of hydrogen-bond acceptors (Lipinski definition) is 6. The van der Waals surface area contributed by atoms with E-state index < -0.39 is 0 Å². The maximum Gasteiger partial charge on any atom is 0.164 e. The largest absolute Gasteiger partial charge is 0.228 e. The molecule has 6 heteroatoms. The van der Waals surface area contributed by atoms with Gasteiger partial charge in [-0.3, -0.25) is 0 Å². The molecule has 6 aromatic carbocycles. The summed E-state index contributed by atoms with van der Waals surface area (Å²) in [6, 6.07) is 55.7. The van der Waals surface area contributed by atoms with Crippen molar-refractivity contribution in [2.24, 2.45) is 0 Å². The van der Waals surface area contributed by atoms with Crippen LogP contribution in [0.1, 0.15) is 0 Å². The van der Waals surface area contributed by atoms with E-state index in [0.717, 1.165) is 60.2 Å². The van der Waals surface area contributed by atoms with Gasteiger partial charge in [0.15, 0.2) is 23.3 Å².